The van der Waals surface area contributed by atoms with Crippen LogP contribution in [0.25, 0.3) is 0 Å². The third kappa shape index (κ3) is 3.79. The van der Waals surface area contributed by atoms with Gasteiger partial charge < -0.3 is 15.1 Å². The van der Waals surface area contributed by atoms with E-state index in [-0.39, 0.29) is 5.91 Å². The minimum atomic E-state index is 0.115. The van der Waals surface area contributed by atoms with Gasteiger partial charge in [0.25, 0.3) is 0 Å². The van der Waals surface area contributed by atoms with Crippen LogP contribution >= 0.6 is 0 Å². The lowest BCUT2D eigenvalue weighted by Crippen LogP contribution is -2.47. The summed E-state index contributed by atoms with van der Waals surface area (Å²) in [5, 5.41) is 3.21. The first-order valence-corrected chi connectivity index (χ1v) is 6.57. The lowest BCUT2D eigenvalue weighted by molar-refractivity contribution is -0.131. The van der Waals surface area contributed by atoms with Crippen LogP contribution in [0, 0.1) is 0 Å². The van der Waals surface area contributed by atoms with Crippen molar-refractivity contribution in [3.8, 4) is 0 Å². The standard InChI is InChI=1S/C14H19N3O2/c18-12-17(13-4-2-1-3-5-13)9-6-14(19)16-10-7-15-8-11-16/h1-5,12,15H,6-11H2. The molecule has 0 saturated carbocycles. The SMILES string of the molecule is O=CN(CCC(=O)N1CCNCC1)c1ccccc1. The molecular formula is C14H19N3O2. The van der Waals surface area contributed by atoms with E-state index in [1.54, 1.807) is 4.90 Å². The largest absolute Gasteiger partial charge is 0.340 e. The average molecular weight is 261 g/mol. The minimum absolute atomic E-state index is 0.115. The maximum absolute atomic E-state index is 12.0. The van der Waals surface area contributed by atoms with E-state index in [0.29, 0.717) is 13.0 Å². The van der Waals surface area contributed by atoms with Crippen molar-refractivity contribution in [1.82, 2.24) is 10.2 Å². The molecule has 19 heavy (non-hydrogen) atoms. The maximum atomic E-state index is 12.0. The summed E-state index contributed by atoms with van der Waals surface area (Å²) in [5.74, 6) is 0.115. The van der Waals surface area contributed by atoms with Crippen LogP contribution in [0.15, 0.2) is 30.3 Å². The van der Waals surface area contributed by atoms with Crippen LogP contribution in [-0.4, -0.2) is 49.9 Å². The van der Waals surface area contributed by atoms with Gasteiger partial charge in [-0.1, -0.05) is 18.2 Å². The molecule has 0 atom stereocenters. The fourth-order valence-corrected chi connectivity index (χ4v) is 2.15. The summed E-state index contributed by atoms with van der Waals surface area (Å²) in [6, 6.07) is 9.39. The molecule has 102 valence electrons. The monoisotopic (exact) mass is 261 g/mol. The Morgan fingerprint density at radius 2 is 1.95 bits per heavy atom. The van der Waals surface area contributed by atoms with E-state index in [1.165, 1.54) is 0 Å². The number of para-hydroxylation sites is 1. The summed E-state index contributed by atoms with van der Waals surface area (Å²) >= 11 is 0. The first kappa shape index (κ1) is 13.5. The second-order valence-electron chi connectivity index (χ2n) is 4.52. The second-order valence-corrected chi connectivity index (χ2v) is 4.52. The fraction of sp³-hybridized carbons (Fsp3) is 0.429. The van der Waals surface area contributed by atoms with Crippen LogP contribution in [0.5, 0.6) is 0 Å². The second kappa shape index (κ2) is 6.89. The zero-order valence-electron chi connectivity index (χ0n) is 10.9. The van der Waals surface area contributed by atoms with Crippen LogP contribution in [0.2, 0.25) is 0 Å². The Morgan fingerprint density at radius 3 is 2.58 bits per heavy atom. The van der Waals surface area contributed by atoms with Crippen molar-refractivity contribution >= 4 is 18.0 Å². The molecule has 1 saturated heterocycles. The van der Waals surface area contributed by atoms with E-state index in [0.717, 1.165) is 38.3 Å². The number of anilines is 1. The number of piperazine rings is 1. The predicted molar refractivity (Wildman–Crippen MR) is 73.9 cm³/mol. The summed E-state index contributed by atoms with van der Waals surface area (Å²) in [5.41, 5.74) is 0.825. The highest BCUT2D eigenvalue weighted by Crippen LogP contribution is 2.12. The van der Waals surface area contributed by atoms with Crippen LogP contribution in [0.3, 0.4) is 0 Å². The molecule has 0 aliphatic carbocycles. The Balaban J connectivity index is 1.86. The Hall–Kier alpha value is -1.88. The summed E-state index contributed by atoms with van der Waals surface area (Å²) in [4.78, 5) is 26.5. The molecule has 1 aliphatic heterocycles. The average Bonchev–Trinajstić information content (AvgIpc) is 2.49. The van der Waals surface area contributed by atoms with E-state index < -0.39 is 0 Å². The normalized spacial score (nSPS) is 15.1. The third-order valence-electron chi connectivity index (χ3n) is 3.25. The molecule has 0 spiro atoms. The Labute approximate surface area is 113 Å². The van der Waals surface area contributed by atoms with Gasteiger partial charge in [0, 0.05) is 44.8 Å². The highest BCUT2D eigenvalue weighted by Gasteiger charge is 2.17. The molecule has 5 heteroatoms. The predicted octanol–water partition coefficient (Wildman–Crippen LogP) is 0.471. The van der Waals surface area contributed by atoms with Gasteiger partial charge in [-0.15, -0.1) is 0 Å². The van der Waals surface area contributed by atoms with Crippen molar-refractivity contribution in [2.75, 3.05) is 37.6 Å². The first-order valence-electron chi connectivity index (χ1n) is 6.57. The van der Waals surface area contributed by atoms with Crippen LogP contribution in [0.1, 0.15) is 6.42 Å². The molecule has 1 aromatic rings. The zero-order chi connectivity index (χ0) is 13.5. The van der Waals surface area contributed by atoms with Gasteiger partial charge in [0.05, 0.1) is 0 Å². The van der Waals surface area contributed by atoms with E-state index in [2.05, 4.69) is 5.32 Å². The van der Waals surface area contributed by atoms with Crippen LogP contribution in [0.4, 0.5) is 5.69 Å². The Morgan fingerprint density at radius 1 is 1.26 bits per heavy atom. The summed E-state index contributed by atoms with van der Waals surface area (Å²) < 4.78 is 0. The van der Waals surface area contributed by atoms with Gasteiger partial charge in [-0.25, -0.2) is 0 Å². The molecule has 1 N–H and O–H groups in total. The Bertz CT molecular complexity index is 416. The number of nitrogens with one attached hydrogen (secondary N) is 1. The van der Waals surface area contributed by atoms with Crippen molar-refractivity contribution in [2.45, 2.75) is 6.42 Å². The zero-order valence-corrected chi connectivity index (χ0v) is 10.9. The Kier molecular flexibility index (Phi) is 4.92. The van der Waals surface area contributed by atoms with Gasteiger partial charge in [0.2, 0.25) is 12.3 Å². The molecule has 1 fully saturated rings. The minimum Gasteiger partial charge on any atom is -0.340 e. The van der Waals surface area contributed by atoms with Crippen molar-refractivity contribution < 1.29 is 9.59 Å². The smallest absolute Gasteiger partial charge is 0.224 e. The first-order chi connectivity index (χ1) is 9.31. The van der Waals surface area contributed by atoms with Crippen LogP contribution in [-0.2, 0) is 9.59 Å². The third-order valence-corrected chi connectivity index (χ3v) is 3.25. The molecule has 0 bridgehead atoms. The number of rotatable bonds is 5. The van der Waals surface area contributed by atoms with Gasteiger partial charge >= 0.3 is 0 Å². The molecule has 2 rings (SSSR count). The number of hydrogen-bond acceptors (Lipinski definition) is 3. The molecule has 5 nitrogen and oxygen atoms in total. The van der Waals surface area contributed by atoms with E-state index >= 15 is 0 Å². The quantitative estimate of drug-likeness (QED) is 0.784. The van der Waals surface area contributed by atoms with Crippen molar-refractivity contribution in [1.29, 1.82) is 0 Å². The number of hydrogen-bond donors (Lipinski definition) is 1. The van der Waals surface area contributed by atoms with Crippen molar-refractivity contribution in [3.05, 3.63) is 30.3 Å². The number of amides is 2. The van der Waals surface area contributed by atoms with E-state index in [9.17, 15) is 9.59 Å². The molecular weight excluding hydrogens is 242 g/mol. The summed E-state index contributed by atoms with van der Waals surface area (Å²) in [6.45, 7) is 3.64. The maximum Gasteiger partial charge on any atom is 0.224 e. The lowest BCUT2D eigenvalue weighted by atomic mass is 10.2. The highest BCUT2D eigenvalue weighted by atomic mass is 16.2. The molecule has 0 radical (unpaired) electrons. The van der Waals surface area contributed by atoms with Gasteiger partial charge in [0.15, 0.2) is 0 Å². The summed E-state index contributed by atoms with van der Waals surface area (Å²) in [7, 11) is 0. The molecule has 0 aromatic heterocycles. The highest BCUT2D eigenvalue weighted by molar-refractivity contribution is 5.80. The molecule has 2 amide bonds. The van der Waals surface area contributed by atoms with Gasteiger partial charge in [-0.3, -0.25) is 9.59 Å². The fourth-order valence-electron chi connectivity index (χ4n) is 2.15. The molecule has 1 heterocycles. The van der Waals surface area contributed by atoms with Gasteiger partial charge in [-0.2, -0.15) is 0 Å². The number of carbonyl (C=O) groups excluding carboxylic acids is 2. The number of carbonyl (C=O) groups is 2. The van der Waals surface area contributed by atoms with Gasteiger partial charge in [0.1, 0.15) is 0 Å². The number of nitrogens with zero attached hydrogens (tertiary/aromatic N) is 2. The van der Waals surface area contributed by atoms with Crippen molar-refractivity contribution in [2.24, 2.45) is 0 Å². The molecule has 1 aliphatic rings. The molecule has 1 aromatic carbocycles. The van der Waals surface area contributed by atoms with E-state index in [1.807, 2.05) is 35.2 Å². The number of benzene rings is 1. The van der Waals surface area contributed by atoms with Crippen molar-refractivity contribution in [3.63, 3.8) is 0 Å². The van der Waals surface area contributed by atoms with E-state index in [4.69, 9.17) is 0 Å². The van der Waals surface area contributed by atoms with Gasteiger partial charge in [-0.05, 0) is 12.1 Å². The lowest BCUT2D eigenvalue weighted by Gasteiger charge is -2.28. The topological polar surface area (TPSA) is 52.7 Å². The molecule has 0 unspecified atom stereocenters. The summed E-state index contributed by atoms with van der Waals surface area (Å²) in [6.07, 6.45) is 1.15. The van der Waals surface area contributed by atoms with Crippen LogP contribution < -0.4 is 10.2 Å².